The molecular formula is C22H23FN2O4S2. The van der Waals surface area contributed by atoms with Crippen LogP contribution in [0.4, 0.5) is 4.39 Å². The van der Waals surface area contributed by atoms with Crippen LogP contribution in [0.3, 0.4) is 0 Å². The number of amides is 1. The summed E-state index contributed by atoms with van der Waals surface area (Å²) in [7, 11) is -3.36. The topological polar surface area (TPSA) is 76.6 Å². The average molecular weight is 463 g/mol. The molecule has 0 radical (unpaired) electrons. The van der Waals surface area contributed by atoms with Crippen molar-refractivity contribution >= 4 is 37.3 Å². The number of piperidine rings is 1. The van der Waals surface area contributed by atoms with Gasteiger partial charge in [0.15, 0.2) is 9.84 Å². The van der Waals surface area contributed by atoms with E-state index >= 15 is 0 Å². The number of rotatable bonds is 5. The summed E-state index contributed by atoms with van der Waals surface area (Å²) in [5.74, 6) is -0.424. The Labute approximate surface area is 184 Å². The van der Waals surface area contributed by atoms with E-state index in [1.807, 2.05) is 0 Å². The zero-order valence-corrected chi connectivity index (χ0v) is 18.9. The number of nitrogens with zero attached hydrogens (tertiary/aromatic N) is 2. The van der Waals surface area contributed by atoms with Crippen molar-refractivity contribution in [3.05, 3.63) is 53.8 Å². The maximum absolute atomic E-state index is 13.3. The SMILES string of the molecule is CC(C)S(=O)(=O)c1ccc(C(=O)N2CCC(Oc3nc4ccc(F)cc4s3)CC2)cc1. The van der Waals surface area contributed by atoms with Crippen molar-refractivity contribution in [3.63, 3.8) is 0 Å². The van der Waals surface area contributed by atoms with Crippen molar-refractivity contribution in [2.45, 2.75) is 42.9 Å². The molecule has 6 nitrogen and oxygen atoms in total. The van der Waals surface area contributed by atoms with Gasteiger partial charge in [0.05, 0.1) is 20.4 Å². The van der Waals surface area contributed by atoms with Gasteiger partial charge in [-0.1, -0.05) is 11.3 Å². The first kappa shape index (κ1) is 21.7. The molecule has 1 aliphatic heterocycles. The summed E-state index contributed by atoms with van der Waals surface area (Å²) < 4.78 is 44.5. The normalized spacial score (nSPS) is 15.5. The van der Waals surface area contributed by atoms with E-state index < -0.39 is 15.1 Å². The van der Waals surface area contributed by atoms with Crippen LogP contribution in [0.2, 0.25) is 0 Å². The van der Waals surface area contributed by atoms with E-state index in [4.69, 9.17) is 4.74 Å². The summed E-state index contributed by atoms with van der Waals surface area (Å²) in [5.41, 5.74) is 1.17. The molecule has 2 aromatic carbocycles. The summed E-state index contributed by atoms with van der Waals surface area (Å²) in [6.07, 6.45) is 1.26. The number of benzene rings is 2. The third-order valence-corrected chi connectivity index (χ3v) is 8.46. The highest BCUT2D eigenvalue weighted by molar-refractivity contribution is 7.92. The molecule has 164 valence electrons. The molecule has 1 aromatic heterocycles. The standard InChI is InChI=1S/C22H23FN2O4S2/c1-14(2)31(27,28)18-6-3-15(4-7-18)21(26)25-11-9-17(10-12-25)29-22-24-19-8-5-16(23)13-20(19)30-22/h3-8,13-14,17H,9-12H2,1-2H3. The number of hydrogen-bond donors (Lipinski definition) is 0. The van der Waals surface area contributed by atoms with Gasteiger partial charge in [0.25, 0.3) is 11.1 Å². The van der Waals surface area contributed by atoms with Crippen molar-refractivity contribution in [3.8, 4) is 5.19 Å². The zero-order valence-electron chi connectivity index (χ0n) is 17.2. The second-order valence-corrected chi connectivity index (χ2v) is 11.3. The lowest BCUT2D eigenvalue weighted by Gasteiger charge is -2.31. The molecule has 1 amide bonds. The Bertz CT molecular complexity index is 1200. The van der Waals surface area contributed by atoms with E-state index in [0.717, 1.165) is 4.70 Å². The van der Waals surface area contributed by atoms with E-state index in [-0.39, 0.29) is 22.7 Å². The Morgan fingerprint density at radius 2 is 1.84 bits per heavy atom. The third-order valence-electron chi connectivity index (χ3n) is 5.38. The van der Waals surface area contributed by atoms with Crippen LogP contribution in [0.1, 0.15) is 37.0 Å². The average Bonchev–Trinajstić information content (AvgIpc) is 3.15. The second-order valence-electron chi connectivity index (χ2n) is 7.82. The maximum atomic E-state index is 13.3. The molecular weight excluding hydrogens is 439 g/mol. The van der Waals surface area contributed by atoms with Crippen LogP contribution in [-0.2, 0) is 9.84 Å². The summed E-state index contributed by atoms with van der Waals surface area (Å²) in [5, 5.41) is -0.00476. The van der Waals surface area contributed by atoms with Gasteiger partial charge in [0.1, 0.15) is 11.9 Å². The fourth-order valence-electron chi connectivity index (χ4n) is 3.49. The zero-order chi connectivity index (χ0) is 22.2. The lowest BCUT2D eigenvalue weighted by Crippen LogP contribution is -2.41. The Balaban J connectivity index is 1.36. The summed E-state index contributed by atoms with van der Waals surface area (Å²) >= 11 is 1.31. The molecule has 31 heavy (non-hydrogen) atoms. The van der Waals surface area contributed by atoms with Crippen LogP contribution in [0, 0.1) is 5.82 Å². The molecule has 4 rings (SSSR count). The molecule has 3 aromatic rings. The molecule has 0 saturated carbocycles. The van der Waals surface area contributed by atoms with Gasteiger partial charge in [0.2, 0.25) is 0 Å². The quantitative estimate of drug-likeness (QED) is 0.565. The van der Waals surface area contributed by atoms with Gasteiger partial charge in [-0.25, -0.2) is 17.8 Å². The van der Waals surface area contributed by atoms with Crippen molar-refractivity contribution < 1.29 is 22.3 Å². The van der Waals surface area contributed by atoms with Gasteiger partial charge < -0.3 is 9.64 Å². The predicted octanol–water partition coefficient (Wildman–Crippen LogP) is 4.30. The van der Waals surface area contributed by atoms with Crippen LogP contribution in [0.25, 0.3) is 10.2 Å². The molecule has 0 bridgehead atoms. The number of carbonyl (C=O) groups excluding carboxylic acids is 1. The molecule has 1 saturated heterocycles. The molecule has 1 fully saturated rings. The molecule has 2 heterocycles. The molecule has 1 aliphatic rings. The fraction of sp³-hybridized carbons (Fsp3) is 0.364. The Morgan fingerprint density at radius 1 is 1.16 bits per heavy atom. The minimum absolute atomic E-state index is 0.0620. The number of fused-ring (bicyclic) bond motifs is 1. The molecule has 9 heteroatoms. The number of likely N-dealkylation sites (tertiary alicyclic amines) is 1. The molecule has 0 unspecified atom stereocenters. The highest BCUT2D eigenvalue weighted by Gasteiger charge is 2.26. The maximum Gasteiger partial charge on any atom is 0.274 e. The van der Waals surface area contributed by atoms with E-state index in [0.29, 0.717) is 42.2 Å². The first-order chi connectivity index (χ1) is 14.7. The van der Waals surface area contributed by atoms with Gasteiger partial charge >= 0.3 is 0 Å². The Kier molecular flexibility index (Phi) is 5.98. The largest absolute Gasteiger partial charge is 0.467 e. The van der Waals surface area contributed by atoms with E-state index in [9.17, 15) is 17.6 Å². The molecule has 0 spiro atoms. The third kappa shape index (κ3) is 4.57. The molecule has 0 atom stereocenters. The van der Waals surface area contributed by atoms with Crippen molar-refractivity contribution in [1.82, 2.24) is 9.88 Å². The van der Waals surface area contributed by atoms with Crippen LogP contribution < -0.4 is 4.74 Å². The van der Waals surface area contributed by atoms with Crippen LogP contribution in [0.15, 0.2) is 47.4 Å². The number of sulfone groups is 1. The van der Waals surface area contributed by atoms with Crippen molar-refractivity contribution in [2.75, 3.05) is 13.1 Å². The number of ether oxygens (including phenoxy) is 1. The predicted molar refractivity (Wildman–Crippen MR) is 118 cm³/mol. The molecule has 0 aliphatic carbocycles. The van der Waals surface area contributed by atoms with E-state index in [1.54, 1.807) is 36.9 Å². The van der Waals surface area contributed by atoms with Crippen LogP contribution in [0.5, 0.6) is 5.19 Å². The minimum atomic E-state index is -3.36. The summed E-state index contributed by atoms with van der Waals surface area (Å²) in [6.45, 7) is 4.34. The highest BCUT2D eigenvalue weighted by atomic mass is 32.2. The number of halogens is 1. The van der Waals surface area contributed by atoms with Gasteiger partial charge in [-0.05, 0) is 56.3 Å². The number of aromatic nitrogens is 1. The van der Waals surface area contributed by atoms with Crippen LogP contribution >= 0.6 is 11.3 Å². The van der Waals surface area contributed by atoms with E-state index in [1.165, 1.54) is 35.6 Å². The van der Waals surface area contributed by atoms with E-state index in [2.05, 4.69) is 4.98 Å². The van der Waals surface area contributed by atoms with Gasteiger partial charge in [0, 0.05) is 31.5 Å². The van der Waals surface area contributed by atoms with Crippen LogP contribution in [-0.4, -0.2) is 48.7 Å². The van der Waals surface area contributed by atoms with Gasteiger partial charge in [-0.15, -0.1) is 0 Å². The molecule has 0 N–H and O–H groups in total. The summed E-state index contributed by atoms with van der Waals surface area (Å²) in [4.78, 5) is 19.2. The number of hydrogen-bond acceptors (Lipinski definition) is 6. The second kappa shape index (κ2) is 8.55. The number of carbonyl (C=O) groups is 1. The summed E-state index contributed by atoms with van der Waals surface area (Å²) in [6, 6.07) is 10.6. The monoisotopic (exact) mass is 462 g/mol. The highest BCUT2D eigenvalue weighted by Crippen LogP contribution is 2.30. The first-order valence-corrected chi connectivity index (χ1v) is 12.5. The van der Waals surface area contributed by atoms with Crippen molar-refractivity contribution in [2.24, 2.45) is 0 Å². The lowest BCUT2D eigenvalue weighted by atomic mass is 10.1. The lowest BCUT2D eigenvalue weighted by molar-refractivity contribution is 0.0595. The van der Waals surface area contributed by atoms with Crippen molar-refractivity contribution in [1.29, 1.82) is 0 Å². The Hall–Kier alpha value is -2.52. The first-order valence-electron chi connectivity index (χ1n) is 10.1. The van der Waals surface area contributed by atoms with Gasteiger partial charge in [-0.2, -0.15) is 0 Å². The number of thiazole rings is 1. The minimum Gasteiger partial charge on any atom is -0.467 e. The smallest absolute Gasteiger partial charge is 0.274 e. The van der Waals surface area contributed by atoms with Gasteiger partial charge in [-0.3, -0.25) is 4.79 Å². The Morgan fingerprint density at radius 3 is 2.48 bits per heavy atom. The fourth-order valence-corrected chi connectivity index (χ4v) is 5.45.